The van der Waals surface area contributed by atoms with Crippen LogP contribution in [0.1, 0.15) is 25.7 Å². The van der Waals surface area contributed by atoms with Crippen molar-refractivity contribution in [1.82, 2.24) is 4.90 Å². The van der Waals surface area contributed by atoms with E-state index >= 15 is 0 Å². The Balaban J connectivity index is 1.34. The third kappa shape index (κ3) is 2.55. The van der Waals surface area contributed by atoms with Crippen LogP contribution in [-0.4, -0.2) is 49.6 Å². The van der Waals surface area contributed by atoms with Gasteiger partial charge in [0.25, 0.3) is 0 Å². The van der Waals surface area contributed by atoms with Crippen LogP contribution < -0.4 is 14.4 Å². The molecule has 3 aliphatic heterocycles. The van der Waals surface area contributed by atoms with Crippen molar-refractivity contribution in [3.63, 3.8) is 0 Å². The lowest BCUT2D eigenvalue weighted by atomic mass is 9.86. The molecule has 1 saturated carbocycles. The predicted octanol–water partition coefficient (Wildman–Crippen LogP) is 1.82. The van der Waals surface area contributed by atoms with Crippen molar-refractivity contribution in [2.24, 2.45) is 11.3 Å². The van der Waals surface area contributed by atoms with Gasteiger partial charge in [-0.3, -0.25) is 9.59 Å². The summed E-state index contributed by atoms with van der Waals surface area (Å²) in [5.41, 5.74) is 0.771. The number of fused-ring (bicyclic) bond motifs is 1. The van der Waals surface area contributed by atoms with E-state index in [9.17, 15) is 9.59 Å². The normalized spacial score (nSPS) is 28.1. The van der Waals surface area contributed by atoms with E-state index in [0.717, 1.165) is 43.8 Å². The van der Waals surface area contributed by atoms with Crippen molar-refractivity contribution in [1.29, 1.82) is 0 Å². The number of hydrogen-bond donors (Lipinski definition) is 0. The minimum absolute atomic E-state index is 0.0884. The maximum Gasteiger partial charge on any atom is 0.227 e. The smallest absolute Gasteiger partial charge is 0.227 e. The topological polar surface area (TPSA) is 59.1 Å². The van der Waals surface area contributed by atoms with Crippen molar-refractivity contribution in [2.75, 3.05) is 37.7 Å². The second-order valence-corrected chi connectivity index (χ2v) is 7.77. The van der Waals surface area contributed by atoms with E-state index < -0.39 is 0 Å². The second-order valence-electron chi connectivity index (χ2n) is 7.77. The summed E-state index contributed by atoms with van der Waals surface area (Å²) in [6.45, 7) is 3.28. The zero-order valence-corrected chi connectivity index (χ0v) is 14.2. The molecule has 6 nitrogen and oxygen atoms in total. The van der Waals surface area contributed by atoms with Crippen LogP contribution in [-0.2, 0) is 9.59 Å². The number of ether oxygens (including phenoxy) is 2. The first-order chi connectivity index (χ1) is 12.1. The Morgan fingerprint density at radius 1 is 1.12 bits per heavy atom. The van der Waals surface area contributed by atoms with Gasteiger partial charge in [0.15, 0.2) is 11.5 Å². The number of anilines is 1. The number of carbonyl (C=O) groups is 2. The van der Waals surface area contributed by atoms with Gasteiger partial charge in [-0.15, -0.1) is 0 Å². The predicted molar refractivity (Wildman–Crippen MR) is 90.8 cm³/mol. The number of carbonyl (C=O) groups excluding carboxylic acids is 2. The lowest BCUT2D eigenvalue weighted by Crippen LogP contribution is -2.34. The van der Waals surface area contributed by atoms with Crippen LogP contribution in [0.4, 0.5) is 5.69 Å². The summed E-state index contributed by atoms with van der Waals surface area (Å²) in [6.07, 6.45) is 3.50. The molecule has 1 atom stereocenters. The molecule has 132 valence electrons. The van der Waals surface area contributed by atoms with E-state index in [1.165, 1.54) is 0 Å². The Morgan fingerprint density at radius 2 is 1.92 bits per heavy atom. The molecular weight excluding hydrogens is 320 g/mol. The largest absolute Gasteiger partial charge is 0.486 e. The van der Waals surface area contributed by atoms with Crippen LogP contribution in [0, 0.1) is 11.3 Å². The van der Waals surface area contributed by atoms with Crippen LogP contribution in [0.2, 0.25) is 0 Å². The van der Waals surface area contributed by atoms with Gasteiger partial charge in [0.05, 0.1) is 0 Å². The molecule has 5 rings (SSSR count). The summed E-state index contributed by atoms with van der Waals surface area (Å²) in [5.74, 6) is 2.12. The van der Waals surface area contributed by atoms with Crippen molar-refractivity contribution in [2.45, 2.75) is 25.7 Å². The van der Waals surface area contributed by atoms with Crippen LogP contribution >= 0.6 is 0 Å². The Bertz CT molecular complexity index is 745. The van der Waals surface area contributed by atoms with Crippen LogP contribution in [0.15, 0.2) is 18.2 Å². The van der Waals surface area contributed by atoms with E-state index in [1.807, 2.05) is 28.0 Å². The Morgan fingerprint density at radius 3 is 2.72 bits per heavy atom. The molecule has 25 heavy (non-hydrogen) atoms. The lowest BCUT2D eigenvalue weighted by Gasteiger charge is -2.25. The zero-order chi connectivity index (χ0) is 17.0. The Labute approximate surface area is 146 Å². The van der Waals surface area contributed by atoms with E-state index in [0.29, 0.717) is 37.8 Å². The highest BCUT2D eigenvalue weighted by Crippen LogP contribution is 2.44. The van der Waals surface area contributed by atoms with E-state index in [2.05, 4.69) is 0 Å². The molecule has 0 aromatic heterocycles. The Kier molecular flexibility index (Phi) is 3.24. The van der Waals surface area contributed by atoms with Gasteiger partial charge in [-0.2, -0.15) is 0 Å². The first-order valence-corrected chi connectivity index (χ1v) is 9.12. The fourth-order valence-corrected chi connectivity index (χ4v) is 4.32. The molecule has 1 aromatic rings. The minimum Gasteiger partial charge on any atom is -0.486 e. The number of likely N-dealkylation sites (tertiary alicyclic amines) is 1. The standard InChI is InChI=1S/C19H22N2O4/c22-17-10-19(5-6-20(11-19)18(23)13-1-2-13)12-21(17)14-3-4-15-16(9-14)25-8-7-24-15/h3-4,9,13H,1-2,5-8,10-12H2/t19-/m0/s1. The number of hydrogen-bond acceptors (Lipinski definition) is 4. The summed E-state index contributed by atoms with van der Waals surface area (Å²) in [4.78, 5) is 28.9. The maximum atomic E-state index is 12.7. The van der Waals surface area contributed by atoms with Gasteiger partial charge in [0.2, 0.25) is 11.8 Å². The molecule has 0 radical (unpaired) electrons. The van der Waals surface area contributed by atoms with Gasteiger partial charge in [-0.25, -0.2) is 0 Å². The lowest BCUT2D eigenvalue weighted by molar-refractivity contribution is -0.132. The van der Waals surface area contributed by atoms with Crippen LogP contribution in [0.3, 0.4) is 0 Å². The molecule has 0 N–H and O–H groups in total. The molecule has 2 amide bonds. The third-order valence-corrected chi connectivity index (χ3v) is 5.83. The van der Waals surface area contributed by atoms with E-state index in [1.54, 1.807) is 0 Å². The summed E-state index contributed by atoms with van der Waals surface area (Å²) in [6, 6.07) is 5.69. The van der Waals surface area contributed by atoms with Gasteiger partial charge in [0, 0.05) is 49.1 Å². The number of amides is 2. The molecule has 1 aromatic carbocycles. The van der Waals surface area contributed by atoms with Crippen molar-refractivity contribution >= 4 is 17.5 Å². The highest BCUT2D eigenvalue weighted by atomic mass is 16.6. The first kappa shape index (κ1) is 15.0. The summed E-state index contributed by atoms with van der Waals surface area (Å²) in [5, 5.41) is 0. The van der Waals surface area contributed by atoms with Crippen LogP contribution in [0.25, 0.3) is 0 Å². The summed E-state index contributed by atoms with van der Waals surface area (Å²) >= 11 is 0. The average Bonchev–Trinajstić information content (AvgIpc) is 3.33. The molecule has 6 heteroatoms. The first-order valence-electron chi connectivity index (χ1n) is 9.12. The van der Waals surface area contributed by atoms with E-state index in [-0.39, 0.29) is 17.2 Å². The zero-order valence-electron chi connectivity index (χ0n) is 14.2. The summed E-state index contributed by atoms with van der Waals surface area (Å²) < 4.78 is 11.2. The van der Waals surface area contributed by atoms with Gasteiger partial charge in [0.1, 0.15) is 13.2 Å². The van der Waals surface area contributed by atoms with Crippen molar-refractivity contribution < 1.29 is 19.1 Å². The van der Waals surface area contributed by atoms with Crippen LogP contribution in [0.5, 0.6) is 11.5 Å². The number of rotatable bonds is 2. The SMILES string of the molecule is O=C(C1CC1)N1CC[C@]2(CC(=O)N(c3ccc4c(c3)OCCO4)C2)C1. The molecule has 3 fully saturated rings. The highest BCUT2D eigenvalue weighted by Gasteiger charge is 2.50. The molecule has 0 unspecified atom stereocenters. The quantitative estimate of drug-likeness (QED) is 0.823. The van der Waals surface area contributed by atoms with Gasteiger partial charge >= 0.3 is 0 Å². The van der Waals surface area contributed by atoms with Crippen molar-refractivity contribution in [3.05, 3.63) is 18.2 Å². The second kappa shape index (κ2) is 5.38. The molecule has 2 saturated heterocycles. The Hall–Kier alpha value is -2.24. The average molecular weight is 342 g/mol. The van der Waals surface area contributed by atoms with E-state index in [4.69, 9.17) is 9.47 Å². The summed E-state index contributed by atoms with van der Waals surface area (Å²) in [7, 11) is 0. The minimum atomic E-state index is -0.0884. The number of nitrogens with zero attached hydrogens (tertiary/aromatic N) is 2. The molecule has 0 bridgehead atoms. The van der Waals surface area contributed by atoms with Crippen molar-refractivity contribution in [3.8, 4) is 11.5 Å². The van der Waals surface area contributed by atoms with Gasteiger partial charge in [-0.1, -0.05) is 0 Å². The monoisotopic (exact) mass is 342 g/mol. The maximum absolute atomic E-state index is 12.7. The van der Waals surface area contributed by atoms with Gasteiger partial charge in [-0.05, 0) is 31.4 Å². The third-order valence-electron chi connectivity index (χ3n) is 5.83. The molecule has 1 spiro atoms. The molecule has 3 heterocycles. The highest BCUT2D eigenvalue weighted by molar-refractivity contribution is 5.97. The molecule has 4 aliphatic rings. The number of benzene rings is 1. The molecule has 1 aliphatic carbocycles. The fourth-order valence-electron chi connectivity index (χ4n) is 4.32. The fraction of sp³-hybridized carbons (Fsp3) is 0.579. The van der Waals surface area contributed by atoms with Gasteiger partial charge < -0.3 is 19.3 Å². The molecular formula is C19H22N2O4.